The van der Waals surface area contributed by atoms with Gasteiger partial charge in [0.15, 0.2) is 5.75 Å². The van der Waals surface area contributed by atoms with Crippen LogP contribution in [0, 0.1) is 0 Å². The van der Waals surface area contributed by atoms with Gasteiger partial charge < -0.3 is 24.8 Å². The van der Waals surface area contributed by atoms with Gasteiger partial charge in [-0.3, -0.25) is 4.79 Å². The maximum Gasteiger partial charge on any atom is 0.337 e. The summed E-state index contributed by atoms with van der Waals surface area (Å²) < 4.78 is 10.7. The molecule has 0 atom stereocenters. The normalized spacial score (nSPS) is 13.7. The Bertz CT molecular complexity index is 960. The van der Waals surface area contributed by atoms with E-state index < -0.39 is 11.9 Å². The summed E-state index contributed by atoms with van der Waals surface area (Å²) in [6.45, 7) is -0.105. The second kappa shape index (κ2) is 9.17. The molecule has 7 nitrogen and oxygen atoms in total. The van der Waals surface area contributed by atoms with Gasteiger partial charge in [-0.15, -0.1) is 0 Å². The van der Waals surface area contributed by atoms with Crippen molar-refractivity contribution in [2.24, 2.45) is 0 Å². The number of benzene rings is 2. The van der Waals surface area contributed by atoms with E-state index in [1.807, 2.05) is 0 Å². The first-order valence-corrected chi connectivity index (χ1v) is 9.40. The van der Waals surface area contributed by atoms with Crippen molar-refractivity contribution < 1.29 is 24.2 Å². The lowest BCUT2D eigenvalue weighted by Gasteiger charge is -2.16. The molecule has 0 saturated heterocycles. The van der Waals surface area contributed by atoms with Gasteiger partial charge in [-0.1, -0.05) is 23.2 Å². The van der Waals surface area contributed by atoms with Crippen molar-refractivity contribution in [1.29, 1.82) is 0 Å². The number of anilines is 1. The number of nitrogens with zero attached hydrogens (tertiary/aromatic N) is 1. The Balaban J connectivity index is 1.94. The molecule has 0 bridgehead atoms. The minimum absolute atomic E-state index is 0.0301. The van der Waals surface area contributed by atoms with Crippen molar-refractivity contribution in [1.82, 2.24) is 4.90 Å². The smallest absolute Gasteiger partial charge is 0.337 e. The molecule has 2 aromatic carbocycles. The van der Waals surface area contributed by atoms with Gasteiger partial charge in [0.2, 0.25) is 0 Å². The molecule has 29 heavy (non-hydrogen) atoms. The molecule has 0 saturated carbocycles. The average Bonchev–Trinajstić information content (AvgIpc) is 3.01. The van der Waals surface area contributed by atoms with Crippen LogP contribution in [0.5, 0.6) is 11.5 Å². The van der Waals surface area contributed by atoms with Crippen molar-refractivity contribution in [3.05, 3.63) is 63.8 Å². The molecule has 0 unspecified atom stereocenters. The summed E-state index contributed by atoms with van der Waals surface area (Å²) in [5, 5.41) is 13.1. The molecule has 1 aliphatic rings. The predicted octanol–water partition coefficient (Wildman–Crippen LogP) is 3.46. The van der Waals surface area contributed by atoms with Crippen molar-refractivity contribution in [2.75, 3.05) is 32.1 Å². The first kappa shape index (κ1) is 21.0. The summed E-state index contributed by atoms with van der Waals surface area (Å²) in [5.74, 6) is -0.149. The van der Waals surface area contributed by atoms with E-state index in [9.17, 15) is 14.7 Å². The zero-order chi connectivity index (χ0) is 21.0. The Morgan fingerprint density at radius 3 is 2.52 bits per heavy atom. The zero-order valence-corrected chi connectivity index (χ0v) is 17.0. The average molecular weight is 437 g/mol. The number of hydrogen-bond donors (Lipinski definition) is 2. The third kappa shape index (κ3) is 4.82. The minimum Gasteiger partial charge on any atom is -0.466 e. The fourth-order valence-corrected chi connectivity index (χ4v) is 3.10. The molecule has 0 aliphatic carbocycles. The minimum atomic E-state index is -0.636. The number of carbonyl (C=O) groups is 2. The first-order valence-electron chi connectivity index (χ1n) is 8.64. The molecular formula is C20H18Cl2N2O5. The number of methoxy groups -OCH3 is 1. The van der Waals surface area contributed by atoms with Gasteiger partial charge in [-0.2, -0.15) is 0 Å². The summed E-state index contributed by atoms with van der Waals surface area (Å²) in [7, 11) is 1.24. The van der Waals surface area contributed by atoms with Crippen LogP contribution >= 0.6 is 23.2 Å². The van der Waals surface area contributed by atoms with Crippen LogP contribution in [-0.4, -0.2) is 48.7 Å². The molecule has 0 radical (unpaired) electrons. The molecule has 1 heterocycles. The van der Waals surface area contributed by atoms with Crippen LogP contribution in [-0.2, 0) is 14.3 Å². The van der Waals surface area contributed by atoms with Crippen LogP contribution < -0.4 is 10.1 Å². The fraction of sp³-hybridized carbons (Fsp3) is 0.200. The summed E-state index contributed by atoms with van der Waals surface area (Å²) in [4.78, 5) is 26.2. The van der Waals surface area contributed by atoms with Gasteiger partial charge in [0.1, 0.15) is 11.4 Å². The quantitative estimate of drug-likeness (QED) is 0.646. The summed E-state index contributed by atoms with van der Waals surface area (Å²) in [6.07, 6.45) is 0. The Labute approximate surface area is 177 Å². The standard InChI is InChI=1S/C20H18Cl2N2O5/c1-28-20(27)15-11-24(8-9-25)19(26)18(15)23-16-10-13(22)4-7-17(16)29-14-5-2-12(21)3-6-14/h2-7,10,23,25H,8-9,11H2,1H3. The zero-order valence-electron chi connectivity index (χ0n) is 15.4. The van der Waals surface area contributed by atoms with Crippen LogP contribution in [0.25, 0.3) is 0 Å². The van der Waals surface area contributed by atoms with Gasteiger partial charge >= 0.3 is 5.97 Å². The first-order chi connectivity index (χ1) is 13.9. The number of hydrogen-bond acceptors (Lipinski definition) is 6. The lowest BCUT2D eigenvalue weighted by molar-refractivity contribution is -0.136. The van der Waals surface area contributed by atoms with E-state index in [0.29, 0.717) is 27.2 Å². The number of aliphatic hydroxyl groups excluding tert-OH is 1. The van der Waals surface area contributed by atoms with E-state index in [-0.39, 0.29) is 31.0 Å². The highest BCUT2D eigenvalue weighted by Crippen LogP contribution is 2.35. The number of halogens is 2. The van der Waals surface area contributed by atoms with E-state index in [1.165, 1.54) is 12.0 Å². The van der Waals surface area contributed by atoms with E-state index in [0.717, 1.165) is 0 Å². The van der Waals surface area contributed by atoms with Crippen molar-refractivity contribution in [2.45, 2.75) is 0 Å². The second-order valence-corrected chi connectivity index (χ2v) is 6.99. The van der Waals surface area contributed by atoms with Crippen molar-refractivity contribution in [3.8, 4) is 11.5 Å². The Kier molecular flexibility index (Phi) is 6.64. The summed E-state index contributed by atoms with van der Waals surface area (Å²) >= 11 is 12.0. The molecule has 1 amide bonds. The lowest BCUT2D eigenvalue weighted by atomic mass is 10.2. The van der Waals surface area contributed by atoms with E-state index in [2.05, 4.69) is 5.32 Å². The van der Waals surface area contributed by atoms with Gasteiger partial charge in [-0.25, -0.2) is 4.79 Å². The molecule has 0 aromatic heterocycles. The number of amides is 1. The number of nitrogens with one attached hydrogen (secondary N) is 1. The molecule has 3 rings (SSSR count). The second-order valence-electron chi connectivity index (χ2n) is 6.12. The van der Waals surface area contributed by atoms with Crippen LogP contribution in [0.15, 0.2) is 53.7 Å². The molecule has 0 fully saturated rings. The lowest BCUT2D eigenvalue weighted by Crippen LogP contribution is -2.31. The molecular weight excluding hydrogens is 419 g/mol. The van der Waals surface area contributed by atoms with Crippen molar-refractivity contribution in [3.63, 3.8) is 0 Å². The molecule has 2 aromatic rings. The number of β-amino-alcohol motifs (C(OH)–C–C–N with tert-alkyl or cyclic N) is 1. The van der Waals surface area contributed by atoms with Crippen molar-refractivity contribution >= 4 is 40.8 Å². The maximum absolute atomic E-state index is 12.7. The van der Waals surface area contributed by atoms with Gasteiger partial charge in [0.25, 0.3) is 5.91 Å². The third-order valence-corrected chi connectivity index (χ3v) is 4.68. The maximum atomic E-state index is 12.7. The number of rotatable bonds is 7. The Hall–Kier alpha value is -2.74. The summed E-state index contributed by atoms with van der Waals surface area (Å²) in [6, 6.07) is 11.6. The highest BCUT2D eigenvalue weighted by molar-refractivity contribution is 6.31. The number of ether oxygens (including phenoxy) is 2. The Morgan fingerprint density at radius 2 is 1.86 bits per heavy atom. The largest absolute Gasteiger partial charge is 0.466 e. The molecule has 1 aliphatic heterocycles. The number of aliphatic hydroxyl groups is 1. The highest BCUT2D eigenvalue weighted by Gasteiger charge is 2.34. The van der Waals surface area contributed by atoms with Gasteiger partial charge in [-0.05, 0) is 42.5 Å². The SMILES string of the molecule is COC(=O)C1=C(Nc2cc(Cl)ccc2Oc2ccc(Cl)cc2)C(=O)N(CCO)C1. The molecule has 0 spiro atoms. The van der Waals surface area contributed by atoms with Crippen LogP contribution in [0.2, 0.25) is 10.0 Å². The highest BCUT2D eigenvalue weighted by atomic mass is 35.5. The molecule has 2 N–H and O–H groups in total. The number of carbonyl (C=O) groups excluding carboxylic acids is 2. The van der Waals surface area contributed by atoms with E-state index in [4.69, 9.17) is 32.7 Å². The number of esters is 1. The van der Waals surface area contributed by atoms with E-state index in [1.54, 1.807) is 42.5 Å². The predicted molar refractivity (Wildman–Crippen MR) is 109 cm³/mol. The monoisotopic (exact) mass is 436 g/mol. The molecule has 9 heteroatoms. The topological polar surface area (TPSA) is 88.1 Å². The van der Waals surface area contributed by atoms with Crippen LogP contribution in [0.4, 0.5) is 5.69 Å². The molecule has 152 valence electrons. The van der Waals surface area contributed by atoms with Gasteiger partial charge in [0.05, 0.1) is 31.5 Å². The Morgan fingerprint density at radius 1 is 1.17 bits per heavy atom. The van der Waals surface area contributed by atoms with Crippen LogP contribution in [0.1, 0.15) is 0 Å². The van der Waals surface area contributed by atoms with Gasteiger partial charge in [0, 0.05) is 16.6 Å². The summed E-state index contributed by atoms with van der Waals surface area (Å²) in [5.41, 5.74) is 0.597. The van der Waals surface area contributed by atoms with E-state index >= 15 is 0 Å². The fourth-order valence-electron chi connectivity index (χ4n) is 2.80. The third-order valence-electron chi connectivity index (χ3n) is 4.20. The van der Waals surface area contributed by atoms with Crippen LogP contribution in [0.3, 0.4) is 0 Å².